The predicted octanol–water partition coefficient (Wildman–Crippen LogP) is 3.05. The van der Waals surface area contributed by atoms with Gasteiger partial charge in [0.1, 0.15) is 5.15 Å². The lowest BCUT2D eigenvalue weighted by Gasteiger charge is -2.18. The van der Waals surface area contributed by atoms with Crippen molar-refractivity contribution < 1.29 is 19.4 Å². The summed E-state index contributed by atoms with van der Waals surface area (Å²) in [6.45, 7) is 1.39. The highest BCUT2D eigenvalue weighted by molar-refractivity contribution is 6.29. The van der Waals surface area contributed by atoms with E-state index in [9.17, 15) is 14.7 Å². The fourth-order valence-electron chi connectivity index (χ4n) is 3.36. The van der Waals surface area contributed by atoms with Gasteiger partial charge in [-0.05, 0) is 48.4 Å². The van der Waals surface area contributed by atoms with Crippen molar-refractivity contribution in [2.75, 3.05) is 27.2 Å². The van der Waals surface area contributed by atoms with Gasteiger partial charge < -0.3 is 20.1 Å². The summed E-state index contributed by atoms with van der Waals surface area (Å²) in [7, 11) is 3.01. The molecule has 2 heterocycles. The second-order valence-corrected chi connectivity index (χ2v) is 8.20. The minimum absolute atomic E-state index is 0.132. The van der Waals surface area contributed by atoms with Gasteiger partial charge in [0.15, 0.2) is 0 Å². The van der Waals surface area contributed by atoms with Crippen LogP contribution in [0, 0.1) is 0 Å². The summed E-state index contributed by atoms with van der Waals surface area (Å²) in [4.78, 5) is 34.1. The Bertz CT molecular complexity index is 1110. The zero-order valence-electron chi connectivity index (χ0n) is 19.1. The molecule has 34 heavy (non-hydrogen) atoms. The van der Waals surface area contributed by atoms with Crippen molar-refractivity contribution in [3.63, 3.8) is 0 Å². The number of nitrogens with zero attached hydrogens (tertiary/aromatic N) is 3. The number of nitrogens with one attached hydrogen (secondary N) is 1. The van der Waals surface area contributed by atoms with Crippen molar-refractivity contribution >= 4 is 23.5 Å². The maximum atomic E-state index is 12.8. The maximum Gasteiger partial charge on any atom is 0.339 e. The molecule has 0 fully saturated rings. The molecule has 3 rings (SSSR count). The first-order valence-corrected chi connectivity index (χ1v) is 11.1. The Morgan fingerprint density at radius 1 is 1.09 bits per heavy atom. The first kappa shape index (κ1) is 25.3. The van der Waals surface area contributed by atoms with Crippen molar-refractivity contribution in [2.45, 2.75) is 19.1 Å². The van der Waals surface area contributed by atoms with Crippen LogP contribution in [0.5, 0.6) is 0 Å². The minimum Gasteiger partial charge on any atom is -0.465 e. The SMILES string of the molecule is COC(=O)c1cncc(CN(C)C(=O)c2ccc(CCNCC(O)c3ccc(Cl)nc3)cc2)c1. The number of aromatic nitrogens is 2. The molecule has 2 aromatic heterocycles. The molecule has 1 aromatic carbocycles. The summed E-state index contributed by atoms with van der Waals surface area (Å²) < 4.78 is 4.71. The Kier molecular flexibility index (Phi) is 9.09. The fraction of sp³-hybridized carbons (Fsp3) is 0.280. The second-order valence-electron chi connectivity index (χ2n) is 7.82. The number of carbonyl (C=O) groups is 2. The zero-order chi connectivity index (χ0) is 24.5. The van der Waals surface area contributed by atoms with Gasteiger partial charge in [-0.25, -0.2) is 9.78 Å². The van der Waals surface area contributed by atoms with Gasteiger partial charge in [0.2, 0.25) is 0 Å². The van der Waals surface area contributed by atoms with Crippen LogP contribution in [-0.2, 0) is 17.7 Å². The van der Waals surface area contributed by atoms with Crippen molar-refractivity contribution in [2.24, 2.45) is 0 Å². The molecule has 1 atom stereocenters. The number of halogens is 1. The summed E-state index contributed by atoms with van der Waals surface area (Å²) in [6, 6.07) is 12.5. The van der Waals surface area contributed by atoms with E-state index in [4.69, 9.17) is 16.3 Å². The Hall–Kier alpha value is -3.33. The van der Waals surface area contributed by atoms with Crippen LogP contribution in [0.4, 0.5) is 0 Å². The van der Waals surface area contributed by atoms with E-state index in [2.05, 4.69) is 15.3 Å². The van der Waals surface area contributed by atoms with Crippen LogP contribution in [0.3, 0.4) is 0 Å². The highest BCUT2D eigenvalue weighted by Crippen LogP contribution is 2.14. The fourth-order valence-corrected chi connectivity index (χ4v) is 3.47. The summed E-state index contributed by atoms with van der Waals surface area (Å²) in [6.07, 6.45) is 4.70. The lowest BCUT2D eigenvalue weighted by molar-refractivity contribution is 0.0600. The smallest absolute Gasteiger partial charge is 0.339 e. The van der Waals surface area contributed by atoms with Gasteiger partial charge >= 0.3 is 5.97 Å². The van der Waals surface area contributed by atoms with E-state index in [1.54, 1.807) is 54.7 Å². The standard InChI is InChI=1S/C25H27ClN4O4/c1-30(16-18-11-21(13-28-12-18)25(33)34-2)24(32)19-5-3-17(4-6-19)9-10-27-15-22(31)20-7-8-23(26)29-14-20/h3-8,11-14,22,27,31H,9-10,15-16H2,1-2H3. The topological polar surface area (TPSA) is 105 Å². The molecule has 0 aliphatic carbocycles. The highest BCUT2D eigenvalue weighted by Gasteiger charge is 2.14. The lowest BCUT2D eigenvalue weighted by atomic mass is 10.1. The third-order valence-corrected chi connectivity index (χ3v) is 5.47. The number of ether oxygens (including phenoxy) is 1. The van der Waals surface area contributed by atoms with Gasteiger partial charge in [-0.15, -0.1) is 0 Å². The van der Waals surface area contributed by atoms with Crippen molar-refractivity contribution in [3.8, 4) is 0 Å². The summed E-state index contributed by atoms with van der Waals surface area (Å²) in [5.74, 6) is -0.599. The van der Waals surface area contributed by atoms with Crippen molar-refractivity contribution in [1.82, 2.24) is 20.2 Å². The average Bonchev–Trinajstić information content (AvgIpc) is 2.86. The Labute approximate surface area is 203 Å². The minimum atomic E-state index is -0.663. The molecule has 178 valence electrons. The third kappa shape index (κ3) is 7.08. The van der Waals surface area contributed by atoms with Crippen LogP contribution in [-0.4, -0.2) is 59.1 Å². The number of aliphatic hydroxyl groups is 1. The van der Waals surface area contributed by atoms with Crippen LogP contribution in [0.25, 0.3) is 0 Å². The quantitative estimate of drug-likeness (QED) is 0.260. The van der Waals surface area contributed by atoms with Gasteiger partial charge in [-0.2, -0.15) is 0 Å². The molecule has 1 amide bonds. The van der Waals surface area contributed by atoms with Crippen molar-refractivity contribution in [1.29, 1.82) is 0 Å². The molecular weight excluding hydrogens is 456 g/mol. The molecule has 1 unspecified atom stereocenters. The van der Waals surface area contributed by atoms with Crippen LogP contribution in [0.1, 0.15) is 43.5 Å². The lowest BCUT2D eigenvalue weighted by Crippen LogP contribution is -2.26. The summed E-state index contributed by atoms with van der Waals surface area (Å²) >= 11 is 5.77. The third-order valence-electron chi connectivity index (χ3n) is 5.25. The number of pyridine rings is 2. The molecule has 0 radical (unpaired) electrons. The molecule has 0 saturated heterocycles. The Balaban J connectivity index is 1.47. The molecule has 0 aliphatic heterocycles. The second kappa shape index (κ2) is 12.2. The predicted molar refractivity (Wildman–Crippen MR) is 129 cm³/mol. The van der Waals surface area contributed by atoms with Crippen LogP contribution >= 0.6 is 11.6 Å². The number of hydrogen-bond donors (Lipinski definition) is 2. The van der Waals surface area contributed by atoms with Gasteiger partial charge in [-0.1, -0.05) is 29.8 Å². The number of methoxy groups -OCH3 is 1. The van der Waals surface area contributed by atoms with Crippen LogP contribution in [0.15, 0.2) is 61.1 Å². The number of benzene rings is 1. The first-order valence-electron chi connectivity index (χ1n) is 10.7. The largest absolute Gasteiger partial charge is 0.465 e. The first-order chi connectivity index (χ1) is 16.4. The molecule has 0 saturated carbocycles. The molecule has 8 nitrogen and oxygen atoms in total. The molecule has 2 N–H and O–H groups in total. The molecular formula is C25H27ClN4O4. The molecule has 0 spiro atoms. The molecule has 0 bridgehead atoms. The van der Waals surface area contributed by atoms with Crippen LogP contribution in [0.2, 0.25) is 5.15 Å². The van der Waals surface area contributed by atoms with E-state index in [1.165, 1.54) is 13.3 Å². The van der Waals surface area contributed by atoms with Crippen LogP contribution < -0.4 is 5.32 Å². The summed E-state index contributed by atoms with van der Waals surface area (Å²) in [5.41, 5.74) is 3.43. The van der Waals surface area contributed by atoms with E-state index in [0.29, 0.717) is 41.5 Å². The Morgan fingerprint density at radius 2 is 1.85 bits per heavy atom. The van der Waals surface area contributed by atoms with Gasteiger partial charge in [0.05, 0.1) is 18.8 Å². The molecule has 9 heteroatoms. The number of rotatable bonds is 10. The maximum absolute atomic E-state index is 12.8. The highest BCUT2D eigenvalue weighted by atomic mass is 35.5. The number of amides is 1. The van der Waals surface area contributed by atoms with Gasteiger partial charge in [-0.3, -0.25) is 9.78 Å². The van der Waals surface area contributed by atoms with E-state index in [0.717, 1.165) is 17.5 Å². The van der Waals surface area contributed by atoms with E-state index >= 15 is 0 Å². The number of carbonyl (C=O) groups excluding carboxylic acids is 2. The number of aliphatic hydroxyl groups excluding tert-OH is 1. The normalized spacial score (nSPS) is 11.6. The van der Waals surface area contributed by atoms with Gasteiger partial charge in [0.25, 0.3) is 5.91 Å². The molecule has 3 aromatic rings. The number of hydrogen-bond acceptors (Lipinski definition) is 7. The van der Waals surface area contributed by atoms with E-state index < -0.39 is 12.1 Å². The summed E-state index contributed by atoms with van der Waals surface area (Å²) in [5, 5.41) is 13.8. The zero-order valence-corrected chi connectivity index (χ0v) is 19.8. The average molecular weight is 483 g/mol. The molecule has 0 aliphatic rings. The monoisotopic (exact) mass is 482 g/mol. The Morgan fingerprint density at radius 3 is 2.53 bits per heavy atom. The van der Waals surface area contributed by atoms with E-state index in [1.807, 2.05) is 12.1 Å². The van der Waals surface area contributed by atoms with Crippen molar-refractivity contribution in [3.05, 3.63) is 94.0 Å². The van der Waals surface area contributed by atoms with E-state index in [-0.39, 0.29) is 5.91 Å². The number of esters is 1. The van der Waals surface area contributed by atoms with Gasteiger partial charge in [0, 0.05) is 49.9 Å².